The Morgan fingerprint density at radius 3 is 1.64 bits per heavy atom. The first-order valence-corrected chi connectivity index (χ1v) is 19.2. The largest absolute Gasteiger partial charge is 0.310 e. The van der Waals surface area contributed by atoms with Crippen LogP contribution in [-0.4, -0.2) is 0 Å². The van der Waals surface area contributed by atoms with Crippen LogP contribution in [0.25, 0.3) is 64.0 Å². The standard InChI is InChI=1S/C51H31NS/c1-3-13-34-29-36(23-21-32(34)11-1)52(37-24-22-33-12-2-4-14-35(33)30-37)38-25-26-40-39-15-5-8-18-44(39)51(47(40)31-38)45-19-9-6-17-43(45)49-46(51)28-27-42-41-16-7-10-20-48(41)53-50(42)49/h1-31H. The lowest BCUT2D eigenvalue weighted by molar-refractivity contribution is 0.794. The van der Waals surface area contributed by atoms with Crippen LogP contribution in [0.2, 0.25) is 0 Å². The van der Waals surface area contributed by atoms with Gasteiger partial charge in [0.1, 0.15) is 0 Å². The Morgan fingerprint density at radius 2 is 0.906 bits per heavy atom. The molecule has 12 rings (SSSR count). The van der Waals surface area contributed by atoms with Gasteiger partial charge in [0.15, 0.2) is 0 Å². The topological polar surface area (TPSA) is 3.24 Å². The second-order valence-electron chi connectivity index (χ2n) is 14.4. The summed E-state index contributed by atoms with van der Waals surface area (Å²) in [5.41, 5.74) is 13.8. The number of nitrogens with zero attached hydrogens (tertiary/aromatic N) is 1. The van der Waals surface area contributed by atoms with E-state index < -0.39 is 5.41 Å². The van der Waals surface area contributed by atoms with Crippen LogP contribution in [0.15, 0.2) is 188 Å². The molecule has 1 unspecified atom stereocenters. The third-order valence-electron chi connectivity index (χ3n) is 11.8. The summed E-state index contributed by atoms with van der Waals surface area (Å²) in [5.74, 6) is 0. The average molecular weight is 690 g/mol. The van der Waals surface area contributed by atoms with Crippen molar-refractivity contribution in [3.05, 3.63) is 210 Å². The summed E-state index contributed by atoms with van der Waals surface area (Å²) in [7, 11) is 0. The van der Waals surface area contributed by atoms with E-state index in [0.29, 0.717) is 0 Å². The molecule has 2 aliphatic rings. The third kappa shape index (κ3) is 3.91. The molecule has 0 N–H and O–H groups in total. The lowest BCUT2D eigenvalue weighted by Gasteiger charge is -2.32. The van der Waals surface area contributed by atoms with Crippen molar-refractivity contribution in [2.75, 3.05) is 4.90 Å². The predicted molar refractivity (Wildman–Crippen MR) is 225 cm³/mol. The summed E-state index contributed by atoms with van der Waals surface area (Å²) in [6, 6.07) is 70.3. The molecule has 10 aromatic rings. The van der Waals surface area contributed by atoms with Gasteiger partial charge in [0.05, 0.1) is 5.41 Å². The van der Waals surface area contributed by atoms with Crippen LogP contribution in [0.4, 0.5) is 17.1 Å². The second kappa shape index (κ2) is 10.8. The molecule has 0 radical (unpaired) electrons. The number of hydrogen-bond acceptors (Lipinski definition) is 2. The Hall–Kier alpha value is -6.48. The fraction of sp³-hybridized carbons (Fsp3) is 0.0196. The van der Waals surface area contributed by atoms with Crippen LogP contribution < -0.4 is 4.90 Å². The maximum atomic E-state index is 2.50. The van der Waals surface area contributed by atoms with Crippen molar-refractivity contribution in [3.63, 3.8) is 0 Å². The van der Waals surface area contributed by atoms with Crippen LogP contribution in [0.1, 0.15) is 22.3 Å². The molecule has 246 valence electrons. The van der Waals surface area contributed by atoms with Gasteiger partial charge in [-0.3, -0.25) is 0 Å². The average Bonchev–Trinajstić information content (AvgIpc) is 3.85. The zero-order valence-electron chi connectivity index (χ0n) is 28.8. The summed E-state index contributed by atoms with van der Waals surface area (Å²) < 4.78 is 2.72. The molecule has 53 heavy (non-hydrogen) atoms. The minimum atomic E-state index is -0.448. The van der Waals surface area contributed by atoms with Gasteiger partial charge in [-0.25, -0.2) is 0 Å². The van der Waals surface area contributed by atoms with Gasteiger partial charge in [0.25, 0.3) is 0 Å². The first-order valence-electron chi connectivity index (χ1n) is 18.3. The maximum absolute atomic E-state index is 2.50. The number of hydrogen-bond donors (Lipinski definition) is 0. The van der Waals surface area contributed by atoms with E-state index in [1.54, 1.807) is 0 Å². The van der Waals surface area contributed by atoms with Gasteiger partial charge in [-0.15, -0.1) is 11.3 Å². The molecule has 0 amide bonds. The molecule has 2 heteroatoms. The molecular formula is C51H31NS. The van der Waals surface area contributed by atoms with Gasteiger partial charge in [0, 0.05) is 42.8 Å². The van der Waals surface area contributed by atoms with Crippen molar-refractivity contribution in [3.8, 4) is 22.3 Å². The van der Waals surface area contributed by atoms with E-state index in [0.717, 1.165) is 17.1 Å². The smallest absolute Gasteiger partial charge is 0.0726 e. The van der Waals surface area contributed by atoms with Crippen LogP contribution in [0.3, 0.4) is 0 Å². The van der Waals surface area contributed by atoms with Crippen molar-refractivity contribution in [1.82, 2.24) is 0 Å². The highest BCUT2D eigenvalue weighted by Crippen LogP contribution is 2.65. The number of benzene rings is 9. The van der Waals surface area contributed by atoms with Crippen molar-refractivity contribution in [2.45, 2.75) is 5.41 Å². The Bertz CT molecular complexity index is 3070. The molecule has 0 saturated heterocycles. The fourth-order valence-corrected chi connectivity index (χ4v) is 10.9. The van der Waals surface area contributed by atoms with Crippen molar-refractivity contribution < 1.29 is 0 Å². The van der Waals surface area contributed by atoms with Crippen LogP contribution >= 0.6 is 11.3 Å². The summed E-state index contributed by atoms with van der Waals surface area (Å²) >= 11 is 1.93. The van der Waals surface area contributed by atoms with Crippen LogP contribution in [-0.2, 0) is 5.41 Å². The number of rotatable bonds is 3. The first kappa shape index (κ1) is 29.1. The monoisotopic (exact) mass is 689 g/mol. The number of anilines is 3. The quantitative estimate of drug-likeness (QED) is 0.178. The highest BCUT2D eigenvalue weighted by molar-refractivity contribution is 7.26. The molecule has 1 atom stereocenters. The lowest BCUT2D eigenvalue weighted by atomic mass is 9.70. The highest BCUT2D eigenvalue weighted by Gasteiger charge is 2.52. The molecule has 1 spiro atoms. The minimum Gasteiger partial charge on any atom is -0.310 e. The van der Waals surface area contributed by atoms with E-state index in [2.05, 4.69) is 193 Å². The predicted octanol–water partition coefficient (Wildman–Crippen LogP) is 14.2. The van der Waals surface area contributed by atoms with E-state index >= 15 is 0 Å². The first-order chi connectivity index (χ1) is 26.3. The van der Waals surface area contributed by atoms with Gasteiger partial charge >= 0.3 is 0 Å². The normalized spacial score (nSPS) is 15.2. The van der Waals surface area contributed by atoms with Gasteiger partial charge < -0.3 is 4.90 Å². The summed E-state index contributed by atoms with van der Waals surface area (Å²) in [5, 5.41) is 7.62. The van der Waals surface area contributed by atoms with Crippen LogP contribution in [0, 0.1) is 0 Å². The minimum absolute atomic E-state index is 0.448. The summed E-state index contributed by atoms with van der Waals surface area (Å²) in [6.45, 7) is 0. The van der Waals surface area contributed by atoms with Crippen molar-refractivity contribution >= 4 is 70.1 Å². The lowest BCUT2D eigenvalue weighted by Crippen LogP contribution is -2.26. The molecule has 2 aliphatic carbocycles. The van der Waals surface area contributed by atoms with Gasteiger partial charge in [0.2, 0.25) is 0 Å². The van der Waals surface area contributed by atoms with Gasteiger partial charge in [-0.05, 0) is 103 Å². The Morgan fingerprint density at radius 1 is 0.358 bits per heavy atom. The number of fused-ring (bicyclic) bond motifs is 16. The fourth-order valence-electron chi connectivity index (χ4n) is 9.61. The summed E-state index contributed by atoms with van der Waals surface area (Å²) in [6.07, 6.45) is 0. The van der Waals surface area contributed by atoms with Crippen molar-refractivity contribution in [1.29, 1.82) is 0 Å². The van der Waals surface area contributed by atoms with E-state index in [1.807, 2.05) is 11.3 Å². The molecule has 1 nitrogen and oxygen atoms in total. The molecule has 1 heterocycles. The maximum Gasteiger partial charge on any atom is 0.0726 e. The molecule has 1 aromatic heterocycles. The summed E-state index contributed by atoms with van der Waals surface area (Å²) in [4.78, 5) is 2.45. The number of thiophene rings is 1. The molecular weight excluding hydrogens is 659 g/mol. The Kier molecular flexibility index (Phi) is 5.92. The van der Waals surface area contributed by atoms with E-state index in [-0.39, 0.29) is 0 Å². The molecule has 0 fully saturated rings. The molecule has 9 aromatic carbocycles. The molecule has 0 bridgehead atoms. The van der Waals surface area contributed by atoms with Crippen molar-refractivity contribution in [2.24, 2.45) is 0 Å². The van der Waals surface area contributed by atoms with E-state index in [4.69, 9.17) is 0 Å². The van der Waals surface area contributed by atoms with E-state index in [9.17, 15) is 0 Å². The SMILES string of the molecule is c1ccc2c(c1)-c1ccc(N(c3ccc4ccccc4c3)c3ccc4ccccc4c3)cc1C21c2ccccc2-c2c1ccc1c2sc2ccccc21. The zero-order valence-corrected chi connectivity index (χ0v) is 29.6. The van der Waals surface area contributed by atoms with Gasteiger partial charge in [-0.1, -0.05) is 146 Å². The third-order valence-corrected chi connectivity index (χ3v) is 13.0. The second-order valence-corrected chi connectivity index (χ2v) is 15.5. The zero-order chi connectivity index (χ0) is 34.7. The van der Waals surface area contributed by atoms with E-state index in [1.165, 1.54) is 86.2 Å². The Labute approximate surface area is 311 Å². The highest BCUT2D eigenvalue weighted by atomic mass is 32.1. The molecule has 0 saturated carbocycles. The molecule has 0 aliphatic heterocycles. The van der Waals surface area contributed by atoms with Gasteiger partial charge in [-0.2, -0.15) is 0 Å². The Balaban J connectivity index is 1.16. The van der Waals surface area contributed by atoms with Crippen LogP contribution in [0.5, 0.6) is 0 Å².